The molecule has 0 fully saturated rings. The summed E-state index contributed by atoms with van der Waals surface area (Å²) >= 11 is 1.31. The number of nitrogens with one attached hydrogen (secondary N) is 3. The average Bonchev–Trinajstić information content (AvgIpc) is 3.10. The molecule has 0 aliphatic carbocycles. The lowest BCUT2D eigenvalue weighted by Gasteiger charge is -2.03. The number of sulfonamides is 1. The highest BCUT2D eigenvalue weighted by Gasteiger charge is 2.16. The first-order valence-corrected chi connectivity index (χ1v) is 9.18. The minimum atomic E-state index is -3.42. The molecule has 0 spiro atoms. The second-order valence-corrected chi connectivity index (χ2v) is 7.78. The van der Waals surface area contributed by atoms with Gasteiger partial charge in [-0.15, -0.1) is 11.3 Å². The zero-order chi connectivity index (χ0) is 15.1. The van der Waals surface area contributed by atoms with Crippen LogP contribution in [-0.2, 0) is 23.0 Å². The van der Waals surface area contributed by atoms with Gasteiger partial charge in [-0.05, 0) is 25.1 Å². The Balaban J connectivity index is 1.86. The lowest BCUT2D eigenvalue weighted by molar-refractivity contribution is 0.583. The number of hydrogen-bond donors (Lipinski definition) is 3. The van der Waals surface area contributed by atoms with Gasteiger partial charge in [0, 0.05) is 36.3 Å². The van der Waals surface area contributed by atoms with Crippen molar-refractivity contribution in [3.63, 3.8) is 0 Å². The van der Waals surface area contributed by atoms with Crippen LogP contribution in [0.4, 0.5) is 0 Å². The Labute approximate surface area is 129 Å². The summed E-state index contributed by atoms with van der Waals surface area (Å²) in [6.07, 6.45) is 4.93. The molecule has 2 heterocycles. The van der Waals surface area contributed by atoms with Gasteiger partial charge in [0.1, 0.15) is 4.21 Å². The third kappa shape index (κ3) is 4.92. The number of nitrogens with zero attached hydrogens (tertiary/aromatic N) is 1. The van der Waals surface area contributed by atoms with E-state index < -0.39 is 10.0 Å². The molecule has 0 radical (unpaired) electrons. The zero-order valence-corrected chi connectivity index (χ0v) is 13.6. The molecule has 0 saturated heterocycles. The summed E-state index contributed by atoms with van der Waals surface area (Å²) in [5.41, 5.74) is 0.910. The second kappa shape index (κ2) is 7.69. The van der Waals surface area contributed by atoms with Crippen molar-refractivity contribution in [3.05, 3.63) is 35.2 Å². The van der Waals surface area contributed by atoms with Crippen molar-refractivity contribution < 1.29 is 8.42 Å². The van der Waals surface area contributed by atoms with Crippen LogP contribution in [0.15, 0.2) is 28.9 Å². The quantitative estimate of drug-likeness (QED) is 0.609. The Morgan fingerprint density at radius 3 is 2.90 bits per heavy atom. The van der Waals surface area contributed by atoms with Crippen molar-refractivity contribution in [2.75, 3.05) is 13.1 Å². The van der Waals surface area contributed by atoms with Gasteiger partial charge in [-0.25, -0.2) is 18.1 Å². The van der Waals surface area contributed by atoms with Crippen molar-refractivity contribution in [2.24, 2.45) is 0 Å². The highest BCUT2D eigenvalue weighted by atomic mass is 32.2. The smallest absolute Gasteiger partial charge is 0.250 e. The van der Waals surface area contributed by atoms with E-state index in [-0.39, 0.29) is 0 Å². The fourth-order valence-corrected chi connectivity index (χ4v) is 4.20. The summed E-state index contributed by atoms with van der Waals surface area (Å²) < 4.78 is 27.3. The minimum Gasteiger partial charge on any atom is -0.348 e. The van der Waals surface area contributed by atoms with Gasteiger partial charge in [-0.3, -0.25) is 0 Å². The summed E-state index contributed by atoms with van der Waals surface area (Å²) in [6, 6.07) is 3.52. The van der Waals surface area contributed by atoms with E-state index in [1.165, 1.54) is 11.3 Å². The third-order valence-corrected chi connectivity index (χ3v) is 5.91. The third-order valence-electron chi connectivity index (χ3n) is 2.87. The van der Waals surface area contributed by atoms with E-state index in [4.69, 9.17) is 0 Å². The molecule has 8 heteroatoms. The predicted molar refractivity (Wildman–Crippen MR) is 83.8 cm³/mol. The van der Waals surface area contributed by atoms with Gasteiger partial charge in [-0.1, -0.05) is 6.92 Å². The number of rotatable bonds is 9. The van der Waals surface area contributed by atoms with Crippen molar-refractivity contribution in [1.29, 1.82) is 0 Å². The fraction of sp³-hybridized carbons (Fsp3) is 0.462. The van der Waals surface area contributed by atoms with E-state index >= 15 is 0 Å². The standard InChI is InChI=1S/C13H20N4O2S2/c1-2-6-14-9-12-3-4-13(20-12)21(18,19)17-7-5-11-8-15-10-16-11/h3-4,8,10,14,17H,2,5-7,9H2,1H3,(H,15,16). The molecule has 2 aromatic rings. The monoisotopic (exact) mass is 328 g/mol. The highest BCUT2D eigenvalue weighted by Crippen LogP contribution is 2.21. The normalized spacial score (nSPS) is 11.9. The number of aromatic nitrogens is 2. The molecule has 0 amide bonds. The molecule has 0 bridgehead atoms. The Kier molecular flexibility index (Phi) is 5.92. The summed E-state index contributed by atoms with van der Waals surface area (Å²) in [6.45, 7) is 4.09. The summed E-state index contributed by atoms with van der Waals surface area (Å²) in [4.78, 5) is 7.87. The van der Waals surface area contributed by atoms with Crippen LogP contribution in [0.25, 0.3) is 0 Å². The molecular weight excluding hydrogens is 308 g/mol. The maximum atomic E-state index is 12.2. The molecule has 2 aromatic heterocycles. The topological polar surface area (TPSA) is 86.9 Å². The van der Waals surface area contributed by atoms with E-state index in [0.717, 1.165) is 23.5 Å². The van der Waals surface area contributed by atoms with Crippen LogP contribution in [0.3, 0.4) is 0 Å². The molecule has 0 aliphatic rings. The molecule has 0 aliphatic heterocycles. The Bertz CT molecular complexity index is 635. The van der Waals surface area contributed by atoms with Gasteiger partial charge in [0.25, 0.3) is 0 Å². The SMILES string of the molecule is CCCNCc1ccc(S(=O)(=O)NCCc2cnc[nH]2)s1. The molecule has 0 aromatic carbocycles. The van der Waals surface area contributed by atoms with E-state index in [2.05, 4.69) is 26.9 Å². The van der Waals surface area contributed by atoms with E-state index in [9.17, 15) is 8.42 Å². The van der Waals surface area contributed by atoms with Crippen LogP contribution in [0.1, 0.15) is 23.9 Å². The molecule has 0 saturated carbocycles. The molecule has 21 heavy (non-hydrogen) atoms. The predicted octanol–water partition coefficient (Wildman–Crippen LogP) is 1.49. The van der Waals surface area contributed by atoms with Crippen LogP contribution >= 0.6 is 11.3 Å². The van der Waals surface area contributed by atoms with Gasteiger partial charge in [0.2, 0.25) is 10.0 Å². The summed E-state index contributed by atoms with van der Waals surface area (Å²) in [5.74, 6) is 0. The molecule has 0 atom stereocenters. The lowest BCUT2D eigenvalue weighted by atomic mass is 10.3. The number of hydrogen-bond acceptors (Lipinski definition) is 5. The highest BCUT2D eigenvalue weighted by molar-refractivity contribution is 7.91. The van der Waals surface area contributed by atoms with Crippen molar-refractivity contribution in [2.45, 2.75) is 30.5 Å². The van der Waals surface area contributed by atoms with Crippen molar-refractivity contribution in [3.8, 4) is 0 Å². The van der Waals surface area contributed by atoms with Gasteiger partial charge in [0.05, 0.1) is 6.33 Å². The first kappa shape index (κ1) is 16.2. The maximum absolute atomic E-state index is 12.2. The first-order chi connectivity index (χ1) is 10.1. The number of aromatic amines is 1. The maximum Gasteiger partial charge on any atom is 0.250 e. The van der Waals surface area contributed by atoms with Crippen LogP contribution < -0.4 is 10.0 Å². The van der Waals surface area contributed by atoms with E-state index in [1.54, 1.807) is 18.6 Å². The Morgan fingerprint density at radius 1 is 1.33 bits per heavy atom. The molecular formula is C13H20N4O2S2. The van der Waals surface area contributed by atoms with E-state index in [0.29, 0.717) is 23.7 Å². The minimum absolute atomic E-state index is 0.353. The van der Waals surface area contributed by atoms with Crippen LogP contribution in [-0.4, -0.2) is 31.5 Å². The molecule has 0 unspecified atom stereocenters. The summed E-state index contributed by atoms with van der Waals surface area (Å²) in [5, 5.41) is 3.26. The Morgan fingerprint density at radius 2 is 2.19 bits per heavy atom. The van der Waals surface area contributed by atoms with E-state index in [1.807, 2.05) is 6.07 Å². The first-order valence-electron chi connectivity index (χ1n) is 6.88. The van der Waals surface area contributed by atoms with Gasteiger partial charge < -0.3 is 10.3 Å². The Hall–Kier alpha value is -1.22. The number of thiophene rings is 1. The zero-order valence-electron chi connectivity index (χ0n) is 11.9. The number of imidazole rings is 1. The molecule has 2 rings (SSSR count). The lowest BCUT2D eigenvalue weighted by Crippen LogP contribution is -2.25. The van der Waals surface area contributed by atoms with Crippen LogP contribution in [0.2, 0.25) is 0 Å². The average molecular weight is 328 g/mol. The van der Waals surface area contributed by atoms with Crippen LogP contribution in [0, 0.1) is 0 Å². The fourth-order valence-electron chi connectivity index (χ4n) is 1.80. The van der Waals surface area contributed by atoms with Crippen LogP contribution in [0.5, 0.6) is 0 Å². The van der Waals surface area contributed by atoms with Gasteiger partial charge in [-0.2, -0.15) is 0 Å². The summed E-state index contributed by atoms with van der Waals surface area (Å²) in [7, 11) is -3.42. The van der Waals surface area contributed by atoms with Crippen molar-refractivity contribution >= 4 is 21.4 Å². The molecule has 3 N–H and O–H groups in total. The van der Waals surface area contributed by atoms with Gasteiger partial charge in [0.15, 0.2) is 0 Å². The number of H-pyrrole nitrogens is 1. The van der Waals surface area contributed by atoms with Crippen molar-refractivity contribution in [1.82, 2.24) is 20.0 Å². The molecule has 116 valence electrons. The largest absolute Gasteiger partial charge is 0.348 e. The van der Waals surface area contributed by atoms with Gasteiger partial charge >= 0.3 is 0 Å². The second-order valence-electron chi connectivity index (χ2n) is 4.62. The molecule has 6 nitrogen and oxygen atoms in total.